The van der Waals surface area contributed by atoms with Crippen molar-refractivity contribution in [2.75, 3.05) is 26.6 Å². The Balaban J connectivity index is 1.38. The molecule has 0 bridgehead atoms. The molecular weight excluding hydrogens is 456 g/mol. The number of hydrogen-bond donors (Lipinski definition) is 2. The second-order valence-electron chi connectivity index (χ2n) is 8.75. The lowest BCUT2D eigenvalue weighted by Crippen LogP contribution is -2.08. The minimum atomic E-state index is 0.461. The van der Waals surface area contributed by atoms with E-state index in [2.05, 4.69) is 31.5 Å². The maximum absolute atomic E-state index is 5.44. The van der Waals surface area contributed by atoms with E-state index < -0.39 is 0 Å². The number of nitrogens with one attached hydrogen (secondary N) is 2. The number of anilines is 2. The second-order valence-corrected chi connectivity index (χ2v) is 8.75. The van der Waals surface area contributed by atoms with E-state index in [9.17, 15) is 0 Å². The fourth-order valence-electron chi connectivity index (χ4n) is 5.08. The third kappa shape index (κ3) is 3.64. The van der Waals surface area contributed by atoms with E-state index in [1.165, 1.54) is 22.9 Å². The number of fused-ring (bicyclic) bond motifs is 5. The number of ether oxygens (including phenoxy) is 3. The molecule has 1 aliphatic carbocycles. The van der Waals surface area contributed by atoms with Gasteiger partial charge in [0.1, 0.15) is 0 Å². The number of rotatable bonds is 6. The summed E-state index contributed by atoms with van der Waals surface area (Å²) in [5.74, 6) is 2.09. The Labute approximate surface area is 207 Å². The number of aromatic nitrogens is 5. The Morgan fingerprint density at radius 2 is 1.58 bits per heavy atom. The number of H-pyrrole nitrogens is 1. The lowest BCUT2D eigenvalue weighted by atomic mass is 9.86. The van der Waals surface area contributed by atoms with Gasteiger partial charge in [0.25, 0.3) is 0 Å². The van der Waals surface area contributed by atoms with E-state index in [1.807, 2.05) is 36.8 Å². The van der Waals surface area contributed by atoms with E-state index in [0.717, 1.165) is 52.6 Å². The first-order valence-corrected chi connectivity index (χ1v) is 11.9. The van der Waals surface area contributed by atoms with E-state index in [4.69, 9.17) is 19.2 Å². The smallest absolute Gasteiger partial charge is 0.227 e. The zero-order valence-corrected chi connectivity index (χ0v) is 20.4. The molecule has 36 heavy (non-hydrogen) atoms. The van der Waals surface area contributed by atoms with Gasteiger partial charge in [-0.1, -0.05) is 0 Å². The van der Waals surface area contributed by atoms with E-state index in [0.29, 0.717) is 23.2 Å². The number of aryl methyl sites for hydroxylation is 1. The number of hydrogen-bond acceptors (Lipinski definition) is 8. The van der Waals surface area contributed by atoms with Gasteiger partial charge in [-0.15, -0.1) is 0 Å². The van der Waals surface area contributed by atoms with Crippen LogP contribution in [0.2, 0.25) is 0 Å². The topological polar surface area (TPSA) is 107 Å². The summed E-state index contributed by atoms with van der Waals surface area (Å²) >= 11 is 0. The summed E-state index contributed by atoms with van der Waals surface area (Å²) in [7, 11) is 4.75. The maximum Gasteiger partial charge on any atom is 0.227 e. The van der Waals surface area contributed by atoms with Crippen LogP contribution < -0.4 is 19.5 Å². The number of pyridine rings is 1. The molecule has 0 saturated heterocycles. The summed E-state index contributed by atoms with van der Waals surface area (Å²) in [6, 6.07) is 7.74. The largest absolute Gasteiger partial charge is 0.493 e. The van der Waals surface area contributed by atoms with Crippen LogP contribution in [-0.4, -0.2) is 46.5 Å². The molecule has 0 atom stereocenters. The Kier molecular flexibility index (Phi) is 5.52. The summed E-state index contributed by atoms with van der Waals surface area (Å²) in [4.78, 5) is 14.2. The fourth-order valence-corrected chi connectivity index (χ4v) is 5.08. The highest BCUT2D eigenvalue weighted by Crippen LogP contribution is 2.41. The summed E-state index contributed by atoms with van der Waals surface area (Å²) in [5.41, 5.74) is 7.25. The van der Waals surface area contributed by atoms with Gasteiger partial charge in [0, 0.05) is 46.5 Å². The SMILES string of the molecule is COc1cc(Nc2ncc(-c3nc4ccc5[nH]ncc5c4c4c3CCCC4)cn2)cc(OC)c1OC. The third-order valence-electron chi connectivity index (χ3n) is 6.74. The molecule has 0 saturated carbocycles. The average Bonchev–Trinajstić information content (AvgIpc) is 3.41. The molecule has 1 aliphatic rings. The van der Waals surface area contributed by atoms with Gasteiger partial charge in [0.05, 0.1) is 44.3 Å². The Hall–Kier alpha value is -4.40. The van der Waals surface area contributed by atoms with Gasteiger partial charge in [-0.25, -0.2) is 15.0 Å². The lowest BCUT2D eigenvalue weighted by molar-refractivity contribution is 0.324. The molecule has 0 unspecified atom stereocenters. The number of methoxy groups -OCH3 is 3. The van der Waals surface area contributed by atoms with Crippen LogP contribution in [0.3, 0.4) is 0 Å². The van der Waals surface area contributed by atoms with E-state index >= 15 is 0 Å². The molecule has 0 fully saturated rings. The van der Waals surface area contributed by atoms with Gasteiger partial charge in [0.15, 0.2) is 11.5 Å². The van der Waals surface area contributed by atoms with Crippen LogP contribution in [0, 0.1) is 0 Å². The molecule has 2 N–H and O–H groups in total. The van der Waals surface area contributed by atoms with E-state index in [1.54, 1.807) is 21.3 Å². The first-order valence-electron chi connectivity index (χ1n) is 11.9. The Morgan fingerprint density at radius 3 is 2.28 bits per heavy atom. The van der Waals surface area contributed by atoms with Crippen molar-refractivity contribution < 1.29 is 14.2 Å². The van der Waals surface area contributed by atoms with Crippen molar-refractivity contribution in [1.29, 1.82) is 0 Å². The van der Waals surface area contributed by atoms with Gasteiger partial charge in [0.2, 0.25) is 11.7 Å². The highest BCUT2D eigenvalue weighted by atomic mass is 16.5. The van der Waals surface area contributed by atoms with E-state index in [-0.39, 0.29) is 0 Å². The molecule has 0 spiro atoms. The normalized spacial score (nSPS) is 13.0. The molecular formula is C27H26N6O3. The minimum Gasteiger partial charge on any atom is -0.493 e. The van der Waals surface area contributed by atoms with Crippen molar-refractivity contribution in [1.82, 2.24) is 25.1 Å². The van der Waals surface area contributed by atoms with Gasteiger partial charge in [-0.3, -0.25) is 5.10 Å². The lowest BCUT2D eigenvalue weighted by Gasteiger charge is -2.21. The molecule has 2 aromatic carbocycles. The van der Waals surface area contributed by atoms with Crippen LogP contribution >= 0.6 is 0 Å². The molecule has 0 aliphatic heterocycles. The summed E-state index contributed by atoms with van der Waals surface area (Å²) < 4.78 is 16.3. The van der Waals surface area contributed by atoms with Gasteiger partial charge in [-0.05, 0) is 48.9 Å². The predicted molar refractivity (Wildman–Crippen MR) is 138 cm³/mol. The van der Waals surface area contributed by atoms with Crippen LogP contribution in [-0.2, 0) is 12.8 Å². The maximum atomic E-state index is 5.44. The second kappa shape index (κ2) is 8.99. The monoisotopic (exact) mass is 482 g/mol. The molecule has 6 rings (SSSR count). The van der Waals surface area contributed by atoms with Gasteiger partial charge < -0.3 is 19.5 Å². The molecule has 0 amide bonds. The van der Waals surface area contributed by atoms with Crippen LogP contribution in [0.25, 0.3) is 33.1 Å². The molecule has 9 nitrogen and oxygen atoms in total. The van der Waals surface area contributed by atoms with Crippen molar-refractivity contribution in [3.05, 3.63) is 54.0 Å². The van der Waals surface area contributed by atoms with Crippen molar-refractivity contribution in [2.45, 2.75) is 25.7 Å². The Bertz CT molecular complexity index is 1550. The van der Waals surface area contributed by atoms with Crippen molar-refractivity contribution >= 4 is 33.4 Å². The highest BCUT2D eigenvalue weighted by molar-refractivity contribution is 6.07. The van der Waals surface area contributed by atoms with Gasteiger partial charge >= 0.3 is 0 Å². The highest BCUT2D eigenvalue weighted by Gasteiger charge is 2.21. The molecule has 9 heteroatoms. The van der Waals surface area contributed by atoms with Crippen LogP contribution in [0.4, 0.5) is 11.6 Å². The predicted octanol–water partition coefficient (Wildman–Crippen LogP) is 5.22. The molecule has 3 aromatic heterocycles. The molecule has 5 aromatic rings. The Morgan fingerprint density at radius 1 is 0.861 bits per heavy atom. The van der Waals surface area contributed by atoms with Crippen molar-refractivity contribution in [3.8, 4) is 28.5 Å². The first kappa shape index (κ1) is 22.1. The molecule has 0 radical (unpaired) electrons. The number of benzene rings is 2. The molecule has 3 heterocycles. The standard InChI is InChI=1S/C27H26N6O3/c1-34-22-10-16(11-23(35-2)26(22)36-3)31-27-28-12-15(13-29-27)25-18-7-5-4-6-17(18)24-19-14-30-33-20(19)8-9-21(24)32-25/h8-14H,4-7H2,1-3H3,(H,30,33)(H,28,29,31). The summed E-state index contributed by atoms with van der Waals surface area (Å²) in [6.07, 6.45) is 9.91. The first-order chi connectivity index (χ1) is 17.7. The quantitative estimate of drug-likeness (QED) is 0.339. The average molecular weight is 483 g/mol. The van der Waals surface area contributed by atoms with Crippen LogP contribution in [0.1, 0.15) is 24.0 Å². The van der Waals surface area contributed by atoms with Gasteiger partial charge in [-0.2, -0.15) is 5.10 Å². The summed E-state index contributed by atoms with van der Waals surface area (Å²) in [6.45, 7) is 0. The zero-order valence-electron chi connectivity index (χ0n) is 20.4. The molecule has 182 valence electrons. The van der Waals surface area contributed by atoms with Crippen LogP contribution in [0.15, 0.2) is 42.9 Å². The van der Waals surface area contributed by atoms with Crippen LogP contribution in [0.5, 0.6) is 17.2 Å². The fraction of sp³-hybridized carbons (Fsp3) is 0.259. The summed E-state index contributed by atoms with van der Waals surface area (Å²) in [5, 5.41) is 12.9. The number of aromatic amines is 1. The minimum absolute atomic E-state index is 0.461. The van der Waals surface area contributed by atoms with Crippen molar-refractivity contribution in [2.24, 2.45) is 0 Å². The van der Waals surface area contributed by atoms with Crippen molar-refractivity contribution in [3.63, 3.8) is 0 Å². The third-order valence-corrected chi connectivity index (χ3v) is 6.74. The zero-order chi connectivity index (χ0) is 24.6. The number of nitrogens with zero attached hydrogens (tertiary/aromatic N) is 4.